The molecule has 1 aliphatic rings. The predicted octanol–water partition coefficient (Wildman–Crippen LogP) is 0.719. The van der Waals surface area contributed by atoms with Crippen molar-refractivity contribution >= 4 is 0 Å². The Labute approximate surface area is 73.7 Å². The number of hydrogen-bond acceptors (Lipinski definition) is 4. The van der Waals surface area contributed by atoms with Crippen LogP contribution in [0.15, 0.2) is 6.07 Å². The van der Waals surface area contributed by atoms with E-state index in [-0.39, 0.29) is 24.7 Å². The summed E-state index contributed by atoms with van der Waals surface area (Å²) in [5, 5.41) is 9.27. The van der Waals surface area contributed by atoms with Gasteiger partial charge in [-0.25, -0.2) is 4.39 Å². The molecule has 13 heavy (non-hydrogen) atoms. The number of benzene rings is 1. The van der Waals surface area contributed by atoms with Gasteiger partial charge in [0.25, 0.3) is 0 Å². The average Bonchev–Trinajstić information content (AvgIpc) is 2.54. The first kappa shape index (κ1) is 8.12. The first-order valence-electron chi connectivity index (χ1n) is 3.74. The van der Waals surface area contributed by atoms with Crippen LogP contribution in [-0.2, 0) is 6.54 Å². The van der Waals surface area contributed by atoms with Crippen molar-refractivity contribution in [1.29, 1.82) is 0 Å². The third-order valence-corrected chi connectivity index (χ3v) is 1.89. The lowest BCUT2D eigenvalue weighted by Gasteiger charge is -2.06. The van der Waals surface area contributed by atoms with Crippen LogP contribution in [0.4, 0.5) is 4.39 Å². The van der Waals surface area contributed by atoms with Crippen LogP contribution in [0.5, 0.6) is 17.2 Å². The van der Waals surface area contributed by atoms with Crippen LogP contribution in [0.3, 0.4) is 0 Å². The summed E-state index contributed by atoms with van der Waals surface area (Å²) >= 11 is 0. The van der Waals surface area contributed by atoms with Gasteiger partial charge in [-0.1, -0.05) is 0 Å². The topological polar surface area (TPSA) is 64.7 Å². The SMILES string of the molecule is NCc1c(O)c(F)cc2c1OCO2. The summed E-state index contributed by atoms with van der Waals surface area (Å²) in [5.74, 6) is -0.589. The second-order valence-electron chi connectivity index (χ2n) is 2.62. The van der Waals surface area contributed by atoms with Gasteiger partial charge in [-0.05, 0) is 0 Å². The summed E-state index contributed by atoms with van der Waals surface area (Å²) in [7, 11) is 0. The number of halogens is 1. The molecular formula is C8H8FNO3. The summed E-state index contributed by atoms with van der Waals surface area (Å²) in [6.45, 7) is 0.0422. The van der Waals surface area contributed by atoms with E-state index in [2.05, 4.69) is 0 Å². The van der Waals surface area contributed by atoms with E-state index in [1.165, 1.54) is 0 Å². The second kappa shape index (κ2) is 2.77. The monoisotopic (exact) mass is 185 g/mol. The number of phenols is 1. The maximum atomic E-state index is 13.0. The zero-order valence-corrected chi connectivity index (χ0v) is 6.71. The van der Waals surface area contributed by atoms with Gasteiger partial charge in [0.05, 0.1) is 5.56 Å². The molecule has 0 spiro atoms. The molecule has 1 aliphatic heterocycles. The summed E-state index contributed by atoms with van der Waals surface area (Å²) in [6, 6.07) is 1.08. The van der Waals surface area contributed by atoms with E-state index in [0.29, 0.717) is 5.75 Å². The number of phenolic OH excluding ortho intramolecular Hbond substituents is 1. The Kier molecular flexibility index (Phi) is 1.73. The smallest absolute Gasteiger partial charge is 0.231 e. The van der Waals surface area contributed by atoms with Crippen LogP contribution < -0.4 is 15.2 Å². The van der Waals surface area contributed by atoms with Gasteiger partial charge in [-0.3, -0.25) is 0 Å². The van der Waals surface area contributed by atoms with E-state index in [1.54, 1.807) is 0 Å². The number of nitrogens with two attached hydrogens (primary N) is 1. The molecule has 0 atom stereocenters. The molecule has 0 aromatic heterocycles. The standard InChI is InChI=1S/C8H8FNO3/c9-5-1-6-8(13-3-12-6)4(2-10)7(5)11/h1,11H,2-3,10H2. The molecule has 3 N–H and O–H groups in total. The van der Waals surface area contributed by atoms with Crippen molar-refractivity contribution in [3.05, 3.63) is 17.4 Å². The lowest BCUT2D eigenvalue weighted by atomic mass is 10.1. The zero-order valence-electron chi connectivity index (χ0n) is 6.71. The minimum atomic E-state index is -0.746. The van der Waals surface area contributed by atoms with Crippen molar-refractivity contribution in [1.82, 2.24) is 0 Å². The van der Waals surface area contributed by atoms with Crippen molar-refractivity contribution in [3.63, 3.8) is 0 Å². The van der Waals surface area contributed by atoms with Crippen molar-refractivity contribution < 1.29 is 19.0 Å². The van der Waals surface area contributed by atoms with E-state index < -0.39 is 11.6 Å². The summed E-state index contributed by atoms with van der Waals surface area (Å²) in [6.07, 6.45) is 0. The van der Waals surface area contributed by atoms with Crippen molar-refractivity contribution in [2.24, 2.45) is 5.73 Å². The molecule has 5 heteroatoms. The molecular weight excluding hydrogens is 177 g/mol. The molecule has 0 saturated heterocycles. The van der Waals surface area contributed by atoms with Crippen LogP contribution in [-0.4, -0.2) is 11.9 Å². The summed E-state index contributed by atoms with van der Waals surface area (Å²) < 4.78 is 23.0. The Morgan fingerprint density at radius 2 is 2.31 bits per heavy atom. The molecule has 0 saturated carbocycles. The van der Waals surface area contributed by atoms with Crippen molar-refractivity contribution in [2.45, 2.75) is 6.54 Å². The van der Waals surface area contributed by atoms with E-state index >= 15 is 0 Å². The number of fused-ring (bicyclic) bond motifs is 1. The van der Waals surface area contributed by atoms with E-state index in [9.17, 15) is 9.50 Å². The Bertz CT molecular complexity index is 354. The average molecular weight is 185 g/mol. The van der Waals surface area contributed by atoms with Gasteiger partial charge < -0.3 is 20.3 Å². The van der Waals surface area contributed by atoms with E-state index in [4.69, 9.17) is 15.2 Å². The fourth-order valence-corrected chi connectivity index (χ4v) is 1.26. The van der Waals surface area contributed by atoms with E-state index in [0.717, 1.165) is 6.07 Å². The fourth-order valence-electron chi connectivity index (χ4n) is 1.26. The fraction of sp³-hybridized carbons (Fsp3) is 0.250. The highest BCUT2D eigenvalue weighted by molar-refractivity contribution is 5.55. The number of aromatic hydroxyl groups is 1. The zero-order chi connectivity index (χ0) is 9.42. The molecule has 0 bridgehead atoms. The first-order chi connectivity index (χ1) is 6.24. The predicted molar refractivity (Wildman–Crippen MR) is 42.1 cm³/mol. The third-order valence-electron chi connectivity index (χ3n) is 1.89. The second-order valence-corrected chi connectivity index (χ2v) is 2.62. The molecule has 2 rings (SSSR count). The highest BCUT2D eigenvalue weighted by Gasteiger charge is 2.23. The molecule has 0 aliphatic carbocycles. The minimum absolute atomic E-state index is 0.00921. The van der Waals surface area contributed by atoms with Crippen LogP contribution in [0, 0.1) is 5.82 Å². The van der Waals surface area contributed by atoms with Crippen LogP contribution in [0.25, 0.3) is 0 Å². The molecule has 0 fully saturated rings. The van der Waals surface area contributed by atoms with Crippen LogP contribution >= 0.6 is 0 Å². The Balaban J connectivity index is 2.64. The largest absolute Gasteiger partial charge is 0.504 e. The highest BCUT2D eigenvalue weighted by atomic mass is 19.1. The molecule has 1 aromatic rings. The lowest BCUT2D eigenvalue weighted by Crippen LogP contribution is -2.00. The van der Waals surface area contributed by atoms with Gasteiger partial charge in [-0.2, -0.15) is 0 Å². The molecule has 0 amide bonds. The highest BCUT2D eigenvalue weighted by Crippen LogP contribution is 2.41. The van der Waals surface area contributed by atoms with Gasteiger partial charge in [-0.15, -0.1) is 0 Å². The van der Waals surface area contributed by atoms with Crippen LogP contribution in [0.2, 0.25) is 0 Å². The third kappa shape index (κ3) is 1.08. The van der Waals surface area contributed by atoms with Gasteiger partial charge in [0, 0.05) is 12.6 Å². The minimum Gasteiger partial charge on any atom is -0.504 e. The van der Waals surface area contributed by atoms with E-state index in [1.807, 2.05) is 0 Å². The number of ether oxygens (including phenoxy) is 2. The number of rotatable bonds is 1. The van der Waals surface area contributed by atoms with Crippen LogP contribution in [0.1, 0.15) is 5.56 Å². The maximum absolute atomic E-state index is 13.0. The van der Waals surface area contributed by atoms with Gasteiger partial charge in [0.2, 0.25) is 6.79 Å². The van der Waals surface area contributed by atoms with Crippen molar-refractivity contribution in [3.8, 4) is 17.2 Å². The Hall–Kier alpha value is -1.49. The number of hydrogen-bond donors (Lipinski definition) is 2. The maximum Gasteiger partial charge on any atom is 0.231 e. The Morgan fingerprint density at radius 1 is 1.54 bits per heavy atom. The molecule has 70 valence electrons. The Morgan fingerprint density at radius 3 is 3.00 bits per heavy atom. The molecule has 1 heterocycles. The van der Waals surface area contributed by atoms with Gasteiger partial charge in [0.15, 0.2) is 23.1 Å². The summed E-state index contributed by atoms with van der Waals surface area (Å²) in [5.41, 5.74) is 5.57. The quantitative estimate of drug-likeness (QED) is 0.676. The normalized spacial score (nSPS) is 13.4. The van der Waals surface area contributed by atoms with Crippen molar-refractivity contribution in [2.75, 3.05) is 6.79 Å². The molecule has 0 unspecified atom stereocenters. The van der Waals surface area contributed by atoms with Gasteiger partial charge in [0.1, 0.15) is 0 Å². The lowest BCUT2D eigenvalue weighted by molar-refractivity contribution is 0.173. The summed E-state index contributed by atoms with van der Waals surface area (Å²) in [4.78, 5) is 0. The molecule has 4 nitrogen and oxygen atoms in total. The van der Waals surface area contributed by atoms with Gasteiger partial charge >= 0.3 is 0 Å². The molecule has 1 aromatic carbocycles. The molecule has 0 radical (unpaired) electrons. The first-order valence-corrected chi connectivity index (χ1v) is 3.74.